The van der Waals surface area contributed by atoms with Gasteiger partial charge in [-0.1, -0.05) is 12.1 Å². The second-order valence-corrected chi connectivity index (χ2v) is 9.24. The van der Waals surface area contributed by atoms with E-state index in [4.69, 9.17) is 20.9 Å². The lowest BCUT2D eigenvalue weighted by Crippen LogP contribution is -2.09. The summed E-state index contributed by atoms with van der Waals surface area (Å²) in [5.41, 5.74) is 14.8. The number of carboxylic acid groups (broad SMARTS) is 1. The maximum absolute atomic E-state index is 12.5. The van der Waals surface area contributed by atoms with Crippen molar-refractivity contribution in [3.05, 3.63) is 89.0 Å². The first-order valence-electron chi connectivity index (χ1n) is 12.7. The minimum atomic E-state index is -4.17. The van der Waals surface area contributed by atoms with Gasteiger partial charge in [0.2, 0.25) is 0 Å². The van der Waals surface area contributed by atoms with Crippen molar-refractivity contribution in [1.82, 2.24) is 0 Å². The van der Waals surface area contributed by atoms with Crippen LogP contribution in [-0.4, -0.2) is 29.8 Å². The quantitative estimate of drug-likeness (QED) is 0.0706. The van der Waals surface area contributed by atoms with E-state index in [1.807, 2.05) is 12.1 Å². The van der Waals surface area contributed by atoms with E-state index in [-0.39, 0.29) is 36.3 Å². The van der Waals surface area contributed by atoms with Gasteiger partial charge in [0.1, 0.15) is 11.5 Å². The van der Waals surface area contributed by atoms with Crippen molar-refractivity contribution in [2.24, 2.45) is 0 Å². The molecule has 0 heterocycles. The fraction of sp³-hybridized carbons (Fsp3) is 0.267. The van der Waals surface area contributed by atoms with Gasteiger partial charge in [0.15, 0.2) is 0 Å². The van der Waals surface area contributed by atoms with Gasteiger partial charge in [-0.3, -0.25) is 0 Å². The number of ether oxygens (including phenoxy) is 2. The normalized spacial score (nSPS) is 11.7. The summed E-state index contributed by atoms with van der Waals surface area (Å²) in [4.78, 5) is 24.2. The van der Waals surface area contributed by atoms with Gasteiger partial charge in [0.05, 0.1) is 12.2 Å². The Bertz CT molecular complexity index is 1300. The predicted molar refractivity (Wildman–Crippen MR) is 147 cm³/mol. The van der Waals surface area contributed by atoms with E-state index in [9.17, 15) is 27.9 Å². The smallest absolute Gasteiger partial charge is 0.389 e. The first-order chi connectivity index (χ1) is 19.0. The topological polar surface area (TPSA) is 125 Å². The van der Waals surface area contributed by atoms with Crippen LogP contribution in [0.25, 0.3) is 6.08 Å². The number of aryl methyl sites for hydroxylation is 1. The van der Waals surface area contributed by atoms with E-state index in [2.05, 4.69) is 0 Å². The van der Waals surface area contributed by atoms with Gasteiger partial charge in [0, 0.05) is 23.4 Å². The van der Waals surface area contributed by atoms with Crippen LogP contribution in [0.15, 0.2) is 72.3 Å². The third-order valence-corrected chi connectivity index (χ3v) is 5.87. The maximum atomic E-state index is 12.5. The number of nitrogens with two attached hydrogens (primary N) is 2. The Morgan fingerprint density at radius 3 is 2.08 bits per heavy atom. The standard InChI is InChI=1S/C30H31F3N2O5/c31-30(32,33)14-1-2-15-39-26-12-8-22(9-13-26)29(38)40-27-10-6-20(7-11-27)16-23(28(36)37)5-3-4-21-17-24(34)19-25(35)18-21/h6-13,16-19H,1-5,14-15,34-35H2,(H,36,37)/b23-16+. The Balaban J connectivity index is 1.50. The SMILES string of the molecule is Nc1cc(N)cc(CCC/C(=C\c2ccc(OC(=O)c3ccc(OCCCCC(F)(F)F)cc3)cc2)C(=O)O)c1. The summed E-state index contributed by atoms with van der Waals surface area (Å²) in [6.07, 6.45) is -1.63. The number of benzene rings is 3. The number of halogens is 3. The molecule has 0 spiro atoms. The Morgan fingerprint density at radius 2 is 1.48 bits per heavy atom. The summed E-state index contributed by atoms with van der Waals surface area (Å²) in [5, 5.41) is 9.61. The molecule has 3 aromatic rings. The minimum absolute atomic E-state index is 0.0137. The number of nitrogen functional groups attached to an aromatic ring is 2. The molecule has 0 radical (unpaired) electrons. The molecule has 40 heavy (non-hydrogen) atoms. The number of unbranched alkanes of at least 4 members (excludes halogenated alkanes) is 1. The molecule has 0 aliphatic rings. The lowest BCUT2D eigenvalue weighted by atomic mass is 10.0. The number of carbonyl (C=O) groups excluding carboxylic acids is 1. The third-order valence-electron chi connectivity index (χ3n) is 5.87. The highest BCUT2D eigenvalue weighted by Crippen LogP contribution is 2.23. The minimum Gasteiger partial charge on any atom is -0.494 e. The van der Waals surface area contributed by atoms with Gasteiger partial charge in [-0.05, 0) is 104 Å². The summed E-state index contributed by atoms with van der Waals surface area (Å²) >= 11 is 0. The number of carboxylic acids is 1. The van der Waals surface area contributed by atoms with E-state index in [1.54, 1.807) is 48.5 Å². The molecule has 0 fully saturated rings. The number of alkyl halides is 3. The lowest BCUT2D eigenvalue weighted by molar-refractivity contribution is -0.136. The zero-order valence-corrected chi connectivity index (χ0v) is 21.7. The van der Waals surface area contributed by atoms with Crippen molar-refractivity contribution >= 4 is 29.4 Å². The third kappa shape index (κ3) is 10.4. The summed E-state index contributed by atoms with van der Waals surface area (Å²) in [5.74, 6) is -0.904. The maximum Gasteiger partial charge on any atom is 0.389 e. The molecule has 0 bridgehead atoms. The average Bonchev–Trinajstić information content (AvgIpc) is 2.88. The van der Waals surface area contributed by atoms with Gasteiger partial charge < -0.3 is 26.0 Å². The number of aliphatic carboxylic acids is 1. The zero-order chi connectivity index (χ0) is 29.1. The number of hydrogen-bond donors (Lipinski definition) is 3. The van der Waals surface area contributed by atoms with E-state index >= 15 is 0 Å². The molecule has 0 saturated carbocycles. The molecule has 7 nitrogen and oxygen atoms in total. The summed E-state index contributed by atoms with van der Waals surface area (Å²) in [6, 6.07) is 17.8. The van der Waals surface area contributed by atoms with Crippen LogP contribution in [-0.2, 0) is 11.2 Å². The van der Waals surface area contributed by atoms with Crippen LogP contribution in [0.3, 0.4) is 0 Å². The highest BCUT2D eigenvalue weighted by molar-refractivity contribution is 5.92. The number of anilines is 2. The summed E-state index contributed by atoms with van der Waals surface area (Å²) in [7, 11) is 0. The molecule has 0 atom stereocenters. The molecule has 3 rings (SSSR count). The Kier molecular flexibility index (Phi) is 10.6. The van der Waals surface area contributed by atoms with E-state index < -0.39 is 24.5 Å². The Hall–Kier alpha value is -4.47. The van der Waals surface area contributed by atoms with Crippen LogP contribution in [0.1, 0.15) is 53.6 Å². The highest BCUT2D eigenvalue weighted by Gasteiger charge is 2.25. The second kappa shape index (κ2) is 14.1. The van der Waals surface area contributed by atoms with Crippen LogP contribution in [0.5, 0.6) is 11.5 Å². The number of esters is 1. The van der Waals surface area contributed by atoms with Crippen LogP contribution in [0.4, 0.5) is 24.5 Å². The van der Waals surface area contributed by atoms with Crippen molar-refractivity contribution in [2.45, 2.75) is 44.7 Å². The Morgan fingerprint density at radius 1 is 0.850 bits per heavy atom. The molecular weight excluding hydrogens is 525 g/mol. The van der Waals surface area contributed by atoms with Crippen LogP contribution >= 0.6 is 0 Å². The number of hydrogen-bond acceptors (Lipinski definition) is 6. The fourth-order valence-electron chi connectivity index (χ4n) is 3.92. The first kappa shape index (κ1) is 30.1. The van der Waals surface area contributed by atoms with Gasteiger partial charge in [-0.15, -0.1) is 0 Å². The number of carbonyl (C=O) groups is 2. The molecule has 0 unspecified atom stereocenters. The molecule has 5 N–H and O–H groups in total. The first-order valence-corrected chi connectivity index (χ1v) is 12.7. The van der Waals surface area contributed by atoms with Crippen molar-refractivity contribution < 1.29 is 37.3 Å². The zero-order valence-electron chi connectivity index (χ0n) is 21.7. The van der Waals surface area contributed by atoms with Gasteiger partial charge >= 0.3 is 18.1 Å². The average molecular weight is 557 g/mol. The Labute approximate surface area is 230 Å². The number of rotatable bonds is 13. The predicted octanol–water partition coefficient (Wildman–Crippen LogP) is 6.67. The largest absolute Gasteiger partial charge is 0.494 e. The molecule has 0 saturated heterocycles. The van der Waals surface area contributed by atoms with Crippen molar-refractivity contribution in [3.63, 3.8) is 0 Å². The van der Waals surface area contributed by atoms with Crippen molar-refractivity contribution in [2.75, 3.05) is 18.1 Å². The summed E-state index contributed by atoms with van der Waals surface area (Å²) < 4.78 is 47.3. The molecule has 0 aromatic heterocycles. The highest BCUT2D eigenvalue weighted by atomic mass is 19.4. The van der Waals surface area contributed by atoms with E-state index in [0.29, 0.717) is 42.0 Å². The molecule has 0 aliphatic heterocycles. The monoisotopic (exact) mass is 556 g/mol. The van der Waals surface area contributed by atoms with Crippen molar-refractivity contribution in [3.8, 4) is 11.5 Å². The molecule has 0 aliphatic carbocycles. The molecular formula is C30H31F3N2O5. The summed E-state index contributed by atoms with van der Waals surface area (Å²) in [6.45, 7) is 0.140. The lowest BCUT2D eigenvalue weighted by Gasteiger charge is -2.09. The second-order valence-electron chi connectivity index (χ2n) is 9.24. The van der Waals surface area contributed by atoms with Gasteiger partial charge in [-0.25, -0.2) is 9.59 Å². The van der Waals surface area contributed by atoms with Crippen molar-refractivity contribution in [1.29, 1.82) is 0 Å². The van der Waals surface area contributed by atoms with Crippen LogP contribution in [0, 0.1) is 0 Å². The van der Waals surface area contributed by atoms with E-state index in [1.165, 1.54) is 12.1 Å². The molecule has 10 heteroatoms. The van der Waals surface area contributed by atoms with Crippen LogP contribution < -0.4 is 20.9 Å². The van der Waals surface area contributed by atoms with E-state index in [0.717, 1.165) is 5.56 Å². The van der Waals surface area contributed by atoms with Gasteiger partial charge in [0.25, 0.3) is 0 Å². The molecule has 0 amide bonds. The van der Waals surface area contributed by atoms with Gasteiger partial charge in [-0.2, -0.15) is 13.2 Å². The van der Waals surface area contributed by atoms with Crippen LogP contribution in [0.2, 0.25) is 0 Å². The fourth-order valence-corrected chi connectivity index (χ4v) is 3.92. The molecule has 212 valence electrons. The molecule has 3 aromatic carbocycles.